The Labute approximate surface area is 137 Å². The van der Waals surface area contributed by atoms with Crippen LogP contribution in [0.1, 0.15) is 51.4 Å². The summed E-state index contributed by atoms with van der Waals surface area (Å²) in [4.78, 5) is 26.1. The molecular formula is C18H25NO4. The number of hydrogen-bond acceptors (Lipinski definition) is 5. The van der Waals surface area contributed by atoms with Gasteiger partial charge in [0.05, 0.1) is 18.3 Å². The fourth-order valence-electron chi connectivity index (χ4n) is 2.81. The van der Waals surface area contributed by atoms with E-state index in [9.17, 15) is 9.59 Å². The highest BCUT2D eigenvalue weighted by molar-refractivity contribution is 5.96. The maximum absolute atomic E-state index is 12.4. The normalized spacial score (nSPS) is 18.2. The Kier molecular flexibility index (Phi) is 5.29. The van der Waals surface area contributed by atoms with Gasteiger partial charge < -0.3 is 14.4 Å². The molecule has 1 aliphatic rings. The molecule has 1 aliphatic heterocycles. The van der Waals surface area contributed by atoms with E-state index < -0.39 is 0 Å². The van der Waals surface area contributed by atoms with Gasteiger partial charge >= 0.3 is 5.97 Å². The summed E-state index contributed by atoms with van der Waals surface area (Å²) in [6.07, 6.45) is 0.437. The molecule has 1 aromatic carbocycles. The van der Waals surface area contributed by atoms with Crippen LogP contribution in [0.4, 0.5) is 5.69 Å². The molecular weight excluding hydrogens is 294 g/mol. The van der Waals surface area contributed by atoms with Gasteiger partial charge in [0, 0.05) is 5.56 Å². The summed E-state index contributed by atoms with van der Waals surface area (Å²) in [5.41, 5.74) is 1.39. The molecule has 0 N–H and O–H groups in total. The number of Topliss-reactive ketones (excluding diaryl/α,β-unsaturated/α-hetero) is 1. The Morgan fingerprint density at radius 3 is 2.65 bits per heavy atom. The SMILES string of the molecule is CCC(C(=O)OC(C)C)N1CC(C)Oc2ccc(C(C)=O)cc21. The first-order valence-electron chi connectivity index (χ1n) is 8.12. The van der Waals surface area contributed by atoms with Crippen LogP contribution in [0, 0.1) is 0 Å². The molecule has 5 heteroatoms. The van der Waals surface area contributed by atoms with Crippen molar-refractivity contribution in [3.63, 3.8) is 0 Å². The Morgan fingerprint density at radius 1 is 1.39 bits per heavy atom. The molecule has 0 aromatic heterocycles. The van der Waals surface area contributed by atoms with Crippen molar-refractivity contribution in [2.75, 3.05) is 11.4 Å². The molecule has 0 fully saturated rings. The van der Waals surface area contributed by atoms with Crippen molar-refractivity contribution in [3.8, 4) is 5.75 Å². The lowest BCUT2D eigenvalue weighted by Crippen LogP contribution is -2.49. The predicted octanol–water partition coefficient (Wildman–Crippen LogP) is 3.21. The Hall–Kier alpha value is -2.04. The third-order valence-electron chi connectivity index (χ3n) is 3.84. The van der Waals surface area contributed by atoms with Crippen molar-refractivity contribution in [1.82, 2.24) is 0 Å². The fourth-order valence-corrected chi connectivity index (χ4v) is 2.81. The number of ether oxygens (including phenoxy) is 2. The zero-order chi connectivity index (χ0) is 17.1. The minimum Gasteiger partial charge on any atom is -0.487 e. The van der Waals surface area contributed by atoms with Crippen molar-refractivity contribution in [2.24, 2.45) is 0 Å². The van der Waals surface area contributed by atoms with Gasteiger partial charge in [0.25, 0.3) is 0 Å². The summed E-state index contributed by atoms with van der Waals surface area (Å²) in [5, 5.41) is 0. The Morgan fingerprint density at radius 2 is 2.09 bits per heavy atom. The van der Waals surface area contributed by atoms with Gasteiger partial charge in [-0.25, -0.2) is 4.79 Å². The third kappa shape index (κ3) is 3.84. The van der Waals surface area contributed by atoms with Gasteiger partial charge in [0.1, 0.15) is 17.9 Å². The molecule has 23 heavy (non-hydrogen) atoms. The first kappa shape index (κ1) is 17.3. The standard InChI is InChI=1S/C18H25NO4/c1-6-15(18(21)22-11(2)3)19-10-12(4)23-17-8-7-14(13(5)20)9-16(17)19/h7-9,11-12,15H,6,10H2,1-5H3. The third-order valence-corrected chi connectivity index (χ3v) is 3.84. The van der Waals surface area contributed by atoms with E-state index in [1.54, 1.807) is 18.2 Å². The molecule has 0 spiro atoms. The van der Waals surface area contributed by atoms with Crippen molar-refractivity contribution >= 4 is 17.4 Å². The zero-order valence-corrected chi connectivity index (χ0v) is 14.5. The van der Waals surface area contributed by atoms with E-state index in [0.29, 0.717) is 24.3 Å². The van der Waals surface area contributed by atoms with Crippen LogP contribution in [-0.4, -0.2) is 36.5 Å². The van der Waals surface area contributed by atoms with E-state index in [1.807, 2.05) is 32.6 Å². The van der Waals surface area contributed by atoms with Crippen molar-refractivity contribution in [3.05, 3.63) is 23.8 Å². The van der Waals surface area contributed by atoms with Crippen LogP contribution >= 0.6 is 0 Å². The molecule has 2 unspecified atom stereocenters. The lowest BCUT2D eigenvalue weighted by molar-refractivity contribution is -0.149. The number of fused-ring (bicyclic) bond motifs is 1. The van der Waals surface area contributed by atoms with E-state index in [1.165, 1.54) is 6.92 Å². The highest BCUT2D eigenvalue weighted by atomic mass is 16.5. The molecule has 0 saturated carbocycles. The highest BCUT2D eigenvalue weighted by Gasteiger charge is 2.33. The number of hydrogen-bond donors (Lipinski definition) is 0. The number of anilines is 1. The van der Waals surface area contributed by atoms with Gasteiger partial charge in [-0.1, -0.05) is 6.92 Å². The summed E-state index contributed by atoms with van der Waals surface area (Å²) in [6, 6.07) is 4.97. The molecule has 5 nitrogen and oxygen atoms in total. The number of nitrogens with zero attached hydrogens (tertiary/aromatic N) is 1. The fraction of sp³-hybridized carbons (Fsp3) is 0.556. The number of esters is 1. The van der Waals surface area contributed by atoms with Crippen molar-refractivity contribution in [1.29, 1.82) is 0 Å². The molecule has 1 aromatic rings. The number of rotatable bonds is 5. The van der Waals surface area contributed by atoms with Crippen LogP contribution in [0.5, 0.6) is 5.75 Å². The van der Waals surface area contributed by atoms with Crippen LogP contribution in [0.15, 0.2) is 18.2 Å². The summed E-state index contributed by atoms with van der Waals surface area (Å²) in [6.45, 7) is 9.72. The number of benzene rings is 1. The molecule has 1 heterocycles. The quantitative estimate of drug-likeness (QED) is 0.616. The second-order valence-electron chi connectivity index (χ2n) is 6.23. The van der Waals surface area contributed by atoms with Crippen LogP contribution in [-0.2, 0) is 9.53 Å². The summed E-state index contributed by atoms with van der Waals surface area (Å²) < 4.78 is 11.2. The van der Waals surface area contributed by atoms with Crippen molar-refractivity contribution < 1.29 is 19.1 Å². The molecule has 2 atom stereocenters. The van der Waals surface area contributed by atoms with Gasteiger partial charge in [-0.05, 0) is 52.3 Å². The van der Waals surface area contributed by atoms with E-state index in [4.69, 9.17) is 9.47 Å². The van der Waals surface area contributed by atoms with Gasteiger partial charge in [0.15, 0.2) is 5.78 Å². The minimum atomic E-state index is -0.385. The Balaban J connectivity index is 2.40. The molecule has 126 valence electrons. The lowest BCUT2D eigenvalue weighted by atomic mass is 10.0. The van der Waals surface area contributed by atoms with Gasteiger partial charge in [0.2, 0.25) is 0 Å². The number of carbonyl (C=O) groups excluding carboxylic acids is 2. The molecule has 2 rings (SSSR count). The molecule has 0 aliphatic carbocycles. The smallest absolute Gasteiger partial charge is 0.329 e. The molecule has 0 radical (unpaired) electrons. The molecule has 0 saturated heterocycles. The first-order valence-corrected chi connectivity index (χ1v) is 8.12. The first-order chi connectivity index (χ1) is 10.8. The summed E-state index contributed by atoms with van der Waals surface area (Å²) in [5.74, 6) is 0.449. The predicted molar refractivity (Wildman–Crippen MR) is 89.2 cm³/mol. The van der Waals surface area contributed by atoms with E-state index in [2.05, 4.69) is 0 Å². The number of carbonyl (C=O) groups is 2. The summed E-state index contributed by atoms with van der Waals surface area (Å²) in [7, 11) is 0. The van der Waals surface area contributed by atoms with E-state index in [0.717, 1.165) is 5.69 Å². The summed E-state index contributed by atoms with van der Waals surface area (Å²) >= 11 is 0. The second-order valence-corrected chi connectivity index (χ2v) is 6.23. The molecule has 0 bridgehead atoms. The van der Waals surface area contributed by atoms with Crippen LogP contribution in [0.3, 0.4) is 0 Å². The lowest BCUT2D eigenvalue weighted by Gasteiger charge is -2.39. The van der Waals surface area contributed by atoms with E-state index >= 15 is 0 Å². The highest BCUT2D eigenvalue weighted by Crippen LogP contribution is 2.36. The Bertz CT molecular complexity index is 597. The van der Waals surface area contributed by atoms with Crippen LogP contribution in [0.25, 0.3) is 0 Å². The average Bonchev–Trinajstić information content (AvgIpc) is 2.46. The largest absolute Gasteiger partial charge is 0.487 e. The topological polar surface area (TPSA) is 55.8 Å². The maximum atomic E-state index is 12.4. The zero-order valence-electron chi connectivity index (χ0n) is 14.5. The van der Waals surface area contributed by atoms with E-state index in [-0.39, 0.29) is 30.0 Å². The van der Waals surface area contributed by atoms with Gasteiger partial charge in [-0.3, -0.25) is 4.79 Å². The molecule has 0 amide bonds. The average molecular weight is 319 g/mol. The number of ketones is 1. The van der Waals surface area contributed by atoms with Gasteiger partial charge in [-0.2, -0.15) is 0 Å². The second kappa shape index (κ2) is 7.02. The minimum absolute atomic E-state index is 0.0100. The monoisotopic (exact) mass is 319 g/mol. The maximum Gasteiger partial charge on any atom is 0.329 e. The van der Waals surface area contributed by atoms with Crippen LogP contribution < -0.4 is 9.64 Å². The van der Waals surface area contributed by atoms with Gasteiger partial charge in [-0.15, -0.1) is 0 Å². The van der Waals surface area contributed by atoms with Crippen molar-refractivity contribution in [2.45, 2.75) is 59.3 Å². The van der Waals surface area contributed by atoms with Crippen LogP contribution in [0.2, 0.25) is 0 Å².